The molecule has 0 amide bonds. The maximum absolute atomic E-state index is 10.6. The number of ether oxygens (including phenoxy) is 1. The van der Waals surface area contributed by atoms with Crippen LogP contribution in [0, 0.1) is 0 Å². The van der Waals surface area contributed by atoms with Crippen molar-refractivity contribution in [2.24, 2.45) is 0 Å². The van der Waals surface area contributed by atoms with Crippen LogP contribution in [-0.2, 0) is 16.0 Å². The predicted molar refractivity (Wildman–Crippen MR) is 129 cm³/mol. The Morgan fingerprint density at radius 3 is 2.21 bits per heavy atom. The molecule has 0 atom stereocenters. The molecule has 2 aromatic carbocycles. The van der Waals surface area contributed by atoms with Crippen LogP contribution < -0.4 is 5.32 Å². The molecule has 4 rings (SSSR count). The molecule has 1 fully saturated rings. The second kappa shape index (κ2) is 11.7. The second-order valence-corrected chi connectivity index (χ2v) is 8.53. The van der Waals surface area contributed by atoms with Gasteiger partial charge in [0, 0.05) is 23.4 Å². The summed E-state index contributed by atoms with van der Waals surface area (Å²) < 4.78 is 5.42. The average molecular weight is 446 g/mol. The molecule has 0 radical (unpaired) electrons. The molecule has 1 heterocycles. The number of benzene rings is 2. The molecule has 6 heteroatoms. The first-order valence-electron chi connectivity index (χ1n) is 11.7. The molecule has 0 bridgehead atoms. The summed E-state index contributed by atoms with van der Waals surface area (Å²) in [6, 6.07) is 20.9. The highest BCUT2D eigenvalue weighted by molar-refractivity contribution is 5.77. The highest BCUT2D eigenvalue weighted by atomic mass is 16.5. The smallest absolute Gasteiger partial charge is 0.329 e. The molecule has 1 aromatic heterocycles. The molecule has 0 unspecified atom stereocenters. The quantitative estimate of drug-likeness (QED) is 0.438. The Hall–Kier alpha value is -3.09. The Kier molecular flexibility index (Phi) is 8.17. The zero-order valence-corrected chi connectivity index (χ0v) is 18.8. The first-order valence-corrected chi connectivity index (χ1v) is 11.7. The summed E-state index contributed by atoms with van der Waals surface area (Å²) >= 11 is 0. The monoisotopic (exact) mass is 445 g/mol. The Morgan fingerprint density at radius 2 is 1.58 bits per heavy atom. The second-order valence-electron chi connectivity index (χ2n) is 8.53. The average Bonchev–Trinajstić information content (AvgIpc) is 2.87. The number of carbonyl (C=O) groups is 1. The van der Waals surface area contributed by atoms with Gasteiger partial charge < -0.3 is 15.2 Å². The molecule has 0 spiro atoms. The van der Waals surface area contributed by atoms with Crippen LogP contribution in [0.4, 0.5) is 0 Å². The minimum atomic E-state index is -0.898. The lowest BCUT2D eigenvalue weighted by molar-refractivity contribution is -0.145. The Bertz CT molecular complexity index is 1020. The summed E-state index contributed by atoms with van der Waals surface area (Å²) in [7, 11) is 0. The first kappa shape index (κ1) is 23.1. The third-order valence-electron chi connectivity index (χ3n) is 6.08. The van der Waals surface area contributed by atoms with E-state index in [1.807, 2.05) is 42.6 Å². The van der Waals surface area contributed by atoms with Gasteiger partial charge in [-0.2, -0.15) is 0 Å². The Morgan fingerprint density at radius 1 is 0.939 bits per heavy atom. The standard InChI is InChI=1S/C27H31N3O3/c31-25(32)19-33-24-15-13-22(14-16-24)28-17-7-12-23-18-29-26(20-8-3-1-4-9-20)27(30-23)21-10-5-2-6-11-21/h1-6,8-11,18,22,24,28H,7,12-17,19H2,(H,31,32). The van der Waals surface area contributed by atoms with Gasteiger partial charge in [-0.15, -0.1) is 0 Å². The summed E-state index contributed by atoms with van der Waals surface area (Å²) in [5.74, 6) is -0.898. The maximum atomic E-state index is 10.6. The van der Waals surface area contributed by atoms with Crippen molar-refractivity contribution in [3.63, 3.8) is 0 Å². The van der Waals surface area contributed by atoms with Gasteiger partial charge >= 0.3 is 5.97 Å². The molecule has 0 saturated heterocycles. The number of carboxylic acids is 1. The molecular formula is C27H31N3O3. The Balaban J connectivity index is 1.32. The highest BCUT2D eigenvalue weighted by Crippen LogP contribution is 2.29. The molecule has 33 heavy (non-hydrogen) atoms. The topological polar surface area (TPSA) is 84.3 Å². The normalized spacial score (nSPS) is 18.2. The van der Waals surface area contributed by atoms with Crippen molar-refractivity contribution in [1.29, 1.82) is 0 Å². The predicted octanol–water partition coefficient (Wildman–Crippen LogP) is 4.75. The summed E-state index contributed by atoms with van der Waals surface area (Å²) in [5, 5.41) is 12.4. The van der Waals surface area contributed by atoms with Crippen molar-refractivity contribution in [3.8, 4) is 22.5 Å². The van der Waals surface area contributed by atoms with Crippen LogP contribution in [0.2, 0.25) is 0 Å². The van der Waals surface area contributed by atoms with Crippen LogP contribution in [0.1, 0.15) is 37.8 Å². The largest absolute Gasteiger partial charge is 0.480 e. The zero-order valence-electron chi connectivity index (χ0n) is 18.8. The van der Waals surface area contributed by atoms with Crippen LogP contribution >= 0.6 is 0 Å². The van der Waals surface area contributed by atoms with Gasteiger partial charge in [0.05, 0.1) is 23.2 Å². The van der Waals surface area contributed by atoms with Crippen LogP contribution in [-0.4, -0.2) is 46.3 Å². The highest BCUT2D eigenvalue weighted by Gasteiger charge is 2.21. The van der Waals surface area contributed by atoms with E-state index in [4.69, 9.17) is 19.8 Å². The molecule has 1 aliphatic carbocycles. The van der Waals surface area contributed by atoms with Crippen molar-refractivity contribution in [1.82, 2.24) is 15.3 Å². The van der Waals surface area contributed by atoms with Crippen LogP contribution in [0.5, 0.6) is 0 Å². The van der Waals surface area contributed by atoms with Gasteiger partial charge in [0.2, 0.25) is 0 Å². The fraction of sp³-hybridized carbons (Fsp3) is 0.370. The summed E-state index contributed by atoms with van der Waals surface area (Å²) in [6.07, 6.45) is 7.71. The van der Waals surface area contributed by atoms with Crippen LogP contribution in [0.25, 0.3) is 22.5 Å². The number of nitrogens with zero attached hydrogens (tertiary/aromatic N) is 2. The van der Waals surface area contributed by atoms with Crippen molar-refractivity contribution >= 4 is 5.97 Å². The zero-order chi connectivity index (χ0) is 22.9. The number of hydrogen-bond donors (Lipinski definition) is 2. The summed E-state index contributed by atoms with van der Waals surface area (Å²) in [4.78, 5) is 20.4. The van der Waals surface area contributed by atoms with E-state index in [1.54, 1.807) is 0 Å². The van der Waals surface area contributed by atoms with Crippen molar-refractivity contribution in [3.05, 3.63) is 72.6 Å². The fourth-order valence-electron chi connectivity index (χ4n) is 4.35. The molecule has 6 nitrogen and oxygen atoms in total. The third kappa shape index (κ3) is 6.70. The Labute approximate surface area is 195 Å². The molecule has 2 N–H and O–H groups in total. The van der Waals surface area contributed by atoms with E-state index >= 15 is 0 Å². The lowest BCUT2D eigenvalue weighted by Gasteiger charge is -2.28. The molecule has 1 aliphatic rings. The van der Waals surface area contributed by atoms with E-state index < -0.39 is 5.97 Å². The van der Waals surface area contributed by atoms with E-state index in [1.165, 1.54) is 0 Å². The molecular weight excluding hydrogens is 414 g/mol. The number of rotatable bonds is 10. The van der Waals surface area contributed by atoms with Crippen LogP contribution in [0.15, 0.2) is 66.9 Å². The number of carboxylic acid groups (broad SMARTS) is 1. The lowest BCUT2D eigenvalue weighted by Crippen LogP contribution is -2.36. The number of aromatic nitrogens is 2. The molecule has 3 aromatic rings. The van der Waals surface area contributed by atoms with E-state index in [9.17, 15) is 4.79 Å². The van der Waals surface area contributed by atoms with Crippen molar-refractivity contribution in [2.75, 3.05) is 13.2 Å². The SMILES string of the molecule is O=C(O)COC1CCC(NCCCc2cnc(-c3ccccc3)c(-c3ccccc3)n2)CC1. The number of nitrogens with one attached hydrogen (secondary N) is 1. The van der Waals surface area contributed by atoms with Crippen LogP contribution in [0.3, 0.4) is 0 Å². The number of aryl methyl sites for hydroxylation is 1. The van der Waals surface area contributed by atoms with Gasteiger partial charge in [-0.3, -0.25) is 4.98 Å². The van der Waals surface area contributed by atoms with Gasteiger partial charge in [0.1, 0.15) is 6.61 Å². The molecule has 172 valence electrons. The van der Waals surface area contributed by atoms with Gasteiger partial charge in [-0.1, -0.05) is 60.7 Å². The summed E-state index contributed by atoms with van der Waals surface area (Å²) in [6.45, 7) is 0.728. The number of aliphatic carboxylic acids is 1. The minimum Gasteiger partial charge on any atom is -0.480 e. The molecule has 1 saturated carbocycles. The van der Waals surface area contributed by atoms with E-state index in [2.05, 4.69) is 29.6 Å². The first-order chi connectivity index (χ1) is 16.2. The van der Waals surface area contributed by atoms with Gasteiger partial charge in [0.25, 0.3) is 0 Å². The minimum absolute atomic E-state index is 0.0777. The van der Waals surface area contributed by atoms with E-state index in [-0.39, 0.29) is 12.7 Å². The third-order valence-corrected chi connectivity index (χ3v) is 6.08. The molecule has 0 aliphatic heterocycles. The maximum Gasteiger partial charge on any atom is 0.329 e. The lowest BCUT2D eigenvalue weighted by atomic mass is 9.93. The van der Waals surface area contributed by atoms with Gasteiger partial charge in [-0.05, 0) is 45.1 Å². The summed E-state index contributed by atoms with van der Waals surface area (Å²) in [5.41, 5.74) is 4.98. The van der Waals surface area contributed by atoms with E-state index in [0.29, 0.717) is 6.04 Å². The van der Waals surface area contributed by atoms with Crippen molar-refractivity contribution < 1.29 is 14.6 Å². The van der Waals surface area contributed by atoms with E-state index in [0.717, 1.165) is 73.3 Å². The number of hydrogen-bond acceptors (Lipinski definition) is 5. The van der Waals surface area contributed by atoms with Gasteiger partial charge in [-0.25, -0.2) is 9.78 Å². The van der Waals surface area contributed by atoms with Crippen molar-refractivity contribution in [2.45, 2.75) is 50.7 Å². The fourth-order valence-corrected chi connectivity index (χ4v) is 4.35. The van der Waals surface area contributed by atoms with Gasteiger partial charge in [0.15, 0.2) is 0 Å².